The Balaban J connectivity index is 0. The largest absolute Gasteiger partial charge is 0.466 e. The second-order valence-electron chi connectivity index (χ2n) is 1.60. The number of ether oxygens (including phenoxy) is 1. The molecule has 0 unspecified atom stereocenters. The maximum atomic E-state index is 10.6. The Bertz CT molecular complexity index is 84.2. The number of halogens is 1. The Morgan fingerprint density at radius 1 is 1.45 bits per heavy atom. The zero-order valence-corrected chi connectivity index (χ0v) is 9.11. The van der Waals surface area contributed by atoms with E-state index in [4.69, 9.17) is 0 Å². The lowest BCUT2D eigenvalue weighted by molar-refractivity contribution is -0.143. The minimum absolute atomic E-state index is 0.100. The summed E-state index contributed by atoms with van der Waals surface area (Å²) >= 11 is 3.22. The van der Waals surface area contributed by atoms with E-state index in [0.717, 1.165) is 11.8 Å². The van der Waals surface area contributed by atoms with Gasteiger partial charge in [-0.3, -0.25) is 4.79 Å². The number of carbonyl (C=O) groups is 1. The van der Waals surface area contributed by atoms with Crippen molar-refractivity contribution in [2.75, 3.05) is 11.9 Å². The summed E-state index contributed by atoms with van der Waals surface area (Å²) in [4.78, 5) is 10.6. The van der Waals surface area contributed by atoms with Crippen molar-refractivity contribution >= 4 is 21.9 Å². The Kier molecular flexibility index (Phi) is 15.5. The molecule has 0 bridgehead atoms. The summed E-state index contributed by atoms with van der Waals surface area (Å²) in [6, 6.07) is 0. The lowest BCUT2D eigenvalue weighted by atomic mass is 10.3. The van der Waals surface area contributed by atoms with Gasteiger partial charge in [0.1, 0.15) is 0 Å². The van der Waals surface area contributed by atoms with Crippen LogP contribution in [0.5, 0.6) is 0 Å². The predicted molar refractivity (Wildman–Crippen MR) is 51.0 cm³/mol. The van der Waals surface area contributed by atoms with Gasteiger partial charge in [0.25, 0.3) is 0 Å². The first-order chi connectivity index (χ1) is 5.31. The summed E-state index contributed by atoms with van der Waals surface area (Å²) in [6.07, 6.45) is 1.39. The number of esters is 1. The van der Waals surface area contributed by atoms with E-state index < -0.39 is 0 Å². The van der Waals surface area contributed by atoms with Gasteiger partial charge in [-0.1, -0.05) is 29.8 Å². The zero-order valence-electron chi connectivity index (χ0n) is 7.52. The van der Waals surface area contributed by atoms with Crippen molar-refractivity contribution in [1.82, 2.24) is 0 Å². The van der Waals surface area contributed by atoms with Gasteiger partial charge in [-0.2, -0.15) is 0 Å². The van der Waals surface area contributed by atoms with Gasteiger partial charge in [-0.15, -0.1) is 0 Å². The molecule has 0 aliphatic rings. The normalized spacial score (nSPS) is 8.00. The van der Waals surface area contributed by atoms with Gasteiger partial charge in [0, 0.05) is 11.8 Å². The third kappa shape index (κ3) is 13.0. The van der Waals surface area contributed by atoms with E-state index >= 15 is 0 Å². The number of rotatable bonds is 4. The molecule has 0 aromatic rings. The second kappa shape index (κ2) is 12.6. The molecule has 0 spiro atoms. The second-order valence-corrected chi connectivity index (χ2v) is 2.39. The van der Waals surface area contributed by atoms with Crippen molar-refractivity contribution < 1.29 is 9.53 Å². The van der Waals surface area contributed by atoms with Crippen LogP contribution in [0.15, 0.2) is 0 Å². The molecular formula is C8H17BrO2. The molecule has 0 aliphatic heterocycles. The van der Waals surface area contributed by atoms with Crippen LogP contribution in [0.25, 0.3) is 0 Å². The number of carbonyl (C=O) groups excluding carboxylic acids is 1. The fourth-order valence-electron chi connectivity index (χ4n) is 0.444. The van der Waals surface area contributed by atoms with Crippen molar-refractivity contribution in [3.05, 3.63) is 0 Å². The molecule has 68 valence electrons. The molecule has 0 aliphatic carbocycles. The first-order valence-electron chi connectivity index (χ1n) is 4.02. The maximum Gasteiger partial charge on any atom is 0.305 e. The highest BCUT2D eigenvalue weighted by Gasteiger charge is 1.97. The molecule has 0 fully saturated rings. The van der Waals surface area contributed by atoms with Crippen LogP contribution in [0.1, 0.15) is 33.6 Å². The number of hydrogen-bond donors (Lipinski definition) is 0. The SMILES string of the molecule is CC.CCOC(=O)CCCBr. The summed E-state index contributed by atoms with van der Waals surface area (Å²) in [6.45, 7) is 6.30. The summed E-state index contributed by atoms with van der Waals surface area (Å²) < 4.78 is 4.68. The standard InChI is InChI=1S/C6H11BrO2.C2H6/c1-2-9-6(8)4-3-5-7;1-2/h2-5H2,1H3;1-2H3. The predicted octanol–water partition coefficient (Wildman–Crippen LogP) is 2.75. The molecule has 0 heterocycles. The van der Waals surface area contributed by atoms with E-state index in [2.05, 4.69) is 20.7 Å². The van der Waals surface area contributed by atoms with E-state index in [9.17, 15) is 4.79 Å². The van der Waals surface area contributed by atoms with Crippen LogP contribution in [0.2, 0.25) is 0 Å². The summed E-state index contributed by atoms with van der Waals surface area (Å²) in [5.74, 6) is -0.100. The van der Waals surface area contributed by atoms with Gasteiger partial charge in [-0.25, -0.2) is 0 Å². The number of hydrogen-bond acceptors (Lipinski definition) is 2. The molecule has 0 radical (unpaired) electrons. The maximum absolute atomic E-state index is 10.6. The van der Waals surface area contributed by atoms with E-state index in [1.165, 1.54) is 0 Å². The Labute approximate surface area is 77.4 Å². The summed E-state index contributed by atoms with van der Waals surface area (Å²) in [5.41, 5.74) is 0. The smallest absolute Gasteiger partial charge is 0.305 e. The monoisotopic (exact) mass is 224 g/mol. The Hall–Kier alpha value is -0.0500. The fraction of sp³-hybridized carbons (Fsp3) is 0.875. The average molecular weight is 225 g/mol. The van der Waals surface area contributed by atoms with Gasteiger partial charge in [0.2, 0.25) is 0 Å². The molecule has 0 atom stereocenters. The highest BCUT2D eigenvalue weighted by Crippen LogP contribution is 1.95. The first kappa shape index (κ1) is 13.5. The van der Waals surface area contributed by atoms with E-state index in [1.54, 1.807) is 0 Å². The number of alkyl halides is 1. The third-order valence-electron chi connectivity index (χ3n) is 0.820. The Morgan fingerprint density at radius 2 is 2.00 bits per heavy atom. The molecule has 0 N–H and O–H groups in total. The van der Waals surface area contributed by atoms with Gasteiger partial charge in [-0.05, 0) is 13.3 Å². The molecule has 0 saturated carbocycles. The first-order valence-corrected chi connectivity index (χ1v) is 5.15. The zero-order chi connectivity index (χ0) is 9.11. The van der Waals surface area contributed by atoms with Gasteiger partial charge < -0.3 is 4.74 Å². The average Bonchev–Trinajstić information content (AvgIpc) is 2.05. The minimum atomic E-state index is -0.100. The van der Waals surface area contributed by atoms with Crippen molar-refractivity contribution in [2.45, 2.75) is 33.6 Å². The fourth-order valence-corrected chi connectivity index (χ4v) is 0.725. The molecule has 0 aromatic heterocycles. The topological polar surface area (TPSA) is 26.3 Å². The van der Waals surface area contributed by atoms with Crippen LogP contribution in [0.3, 0.4) is 0 Å². The molecule has 0 rings (SSSR count). The van der Waals surface area contributed by atoms with Crippen molar-refractivity contribution in [2.24, 2.45) is 0 Å². The van der Waals surface area contributed by atoms with E-state index in [1.807, 2.05) is 20.8 Å². The lowest BCUT2D eigenvalue weighted by Crippen LogP contribution is -2.03. The van der Waals surface area contributed by atoms with Gasteiger partial charge >= 0.3 is 5.97 Å². The quantitative estimate of drug-likeness (QED) is 0.543. The van der Waals surface area contributed by atoms with E-state index in [0.29, 0.717) is 13.0 Å². The highest BCUT2D eigenvalue weighted by atomic mass is 79.9. The van der Waals surface area contributed by atoms with Crippen LogP contribution in [-0.2, 0) is 9.53 Å². The third-order valence-corrected chi connectivity index (χ3v) is 1.38. The summed E-state index contributed by atoms with van der Waals surface area (Å²) in [7, 11) is 0. The van der Waals surface area contributed by atoms with Crippen molar-refractivity contribution in [1.29, 1.82) is 0 Å². The molecule has 3 heteroatoms. The minimum Gasteiger partial charge on any atom is -0.466 e. The van der Waals surface area contributed by atoms with Crippen molar-refractivity contribution in [3.8, 4) is 0 Å². The van der Waals surface area contributed by atoms with Crippen LogP contribution in [0.4, 0.5) is 0 Å². The van der Waals surface area contributed by atoms with Gasteiger partial charge in [0.15, 0.2) is 0 Å². The Morgan fingerprint density at radius 3 is 2.36 bits per heavy atom. The van der Waals surface area contributed by atoms with E-state index in [-0.39, 0.29) is 5.97 Å². The molecule has 0 amide bonds. The molecule has 0 saturated heterocycles. The van der Waals surface area contributed by atoms with Crippen LogP contribution in [0, 0.1) is 0 Å². The highest BCUT2D eigenvalue weighted by molar-refractivity contribution is 9.09. The molecular weight excluding hydrogens is 208 g/mol. The molecule has 2 nitrogen and oxygen atoms in total. The molecule has 11 heavy (non-hydrogen) atoms. The van der Waals surface area contributed by atoms with Crippen LogP contribution < -0.4 is 0 Å². The van der Waals surface area contributed by atoms with Crippen molar-refractivity contribution in [3.63, 3.8) is 0 Å². The van der Waals surface area contributed by atoms with Gasteiger partial charge in [0.05, 0.1) is 6.61 Å². The van der Waals surface area contributed by atoms with Crippen LogP contribution in [-0.4, -0.2) is 17.9 Å². The lowest BCUT2D eigenvalue weighted by Gasteiger charge is -1.97. The summed E-state index contributed by atoms with van der Waals surface area (Å²) in [5, 5.41) is 0.867. The van der Waals surface area contributed by atoms with Crippen LogP contribution >= 0.6 is 15.9 Å². The molecule has 0 aromatic carbocycles.